The number of methoxy groups -OCH3 is 5. The van der Waals surface area contributed by atoms with E-state index in [4.69, 9.17) is 23.7 Å². The number of rotatable bonds is 26. The second-order valence-corrected chi connectivity index (χ2v) is 27.8. The van der Waals surface area contributed by atoms with E-state index in [0.717, 1.165) is 67.3 Å². The van der Waals surface area contributed by atoms with E-state index in [1.807, 2.05) is 72.8 Å². The van der Waals surface area contributed by atoms with Crippen LogP contribution in [0.5, 0.6) is 28.7 Å². The van der Waals surface area contributed by atoms with Crippen LogP contribution in [0.4, 0.5) is 5.69 Å². The van der Waals surface area contributed by atoms with Gasteiger partial charge in [-0.1, -0.05) is 194 Å². The second kappa shape index (κ2) is 35.4. The zero-order valence-corrected chi connectivity index (χ0v) is 58.8. The van der Waals surface area contributed by atoms with Crippen molar-refractivity contribution in [3.05, 3.63) is 327 Å². The summed E-state index contributed by atoms with van der Waals surface area (Å²) in [5, 5.41) is 13.5. The molecule has 15 nitrogen and oxygen atoms in total. The first-order chi connectivity index (χ1) is 48.8. The van der Waals surface area contributed by atoms with Crippen LogP contribution in [0.3, 0.4) is 0 Å². The second-order valence-electron chi connectivity index (χ2n) is 26.0. The molecule has 0 N–H and O–H groups in total. The van der Waals surface area contributed by atoms with Gasteiger partial charge in [0, 0.05) is 95.2 Å². The van der Waals surface area contributed by atoms with Crippen LogP contribution in [0.15, 0.2) is 272 Å². The van der Waals surface area contributed by atoms with Crippen molar-refractivity contribution in [1.82, 2.24) is 23.9 Å². The van der Waals surface area contributed by atoms with Crippen molar-refractivity contribution in [2.45, 2.75) is 93.4 Å². The number of nitro groups is 1. The molecule has 0 spiro atoms. The van der Waals surface area contributed by atoms with Crippen LogP contribution in [0.1, 0.15) is 50.1 Å². The number of hydrogen-bond acceptors (Lipinski definition) is 13. The summed E-state index contributed by atoms with van der Waals surface area (Å²) >= 11 is 0. The maximum absolute atomic E-state index is 17.1. The summed E-state index contributed by atoms with van der Waals surface area (Å²) in [6.45, 7) is 3.78. The Morgan fingerprint density at radius 3 is 0.800 bits per heavy atom. The molecule has 0 saturated carbocycles. The minimum absolute atomic E-state index is 0.0649. The quantitative estimate of drug-likeness (QED) is 0.0376. The first-order valence-electron chi connectivity index (χ1n) is 34.3. The van der Waals surface area contributed by atoms with Crippen LogP contribution >= 0.6 is 0 Å². The lowest BCUT2D eigenvalue weighted by Gasteiger charge is -2.44. The average molecular weight is 1360 g/mol. The maximum Gasteiger partial charge on any atom is 0.289 e. The molecule has 1 saturated heterocycles. The fourth-order valence-corrected chi connectivity index (χ4v) is 15.8. The normalized spacial score (nSPS) is 18.1. The fraction of sp³-hybridized carbons (Fsp3) is 0.286. The van der Waals surface area contributed by atoms with Gasteiger partial charge in [-0.15, -0.1) is 0 Å². The minimum Gasteiger partial charge on any atom is -0.497 e. The van der Waals surface area contributed by atoms with Crippen molar-refractivity contribution in [2.75, 3.05) is 68.3 Å². The molecule has 10 aromatic carbocycles. The third-order valence-corrected chi connectivity index (χ3v) is 21.3. The number of hydrogen-bond donors (Lipinski definition) is 0. The van der Waals surface area contributed by atoms with Gasteiger partial charge >= 0.3 is 0 Å². The van der Waals surface area contributed by atoms with Gasteiger partial charge in [0.05, 0.1) is 40.5 Å². The lowest BCUT2D eigenvalue weighted by molar-refractivity contribution is -0.387. The third-order valence-electron chi connectivity index (χ3n) is 19.4. The molecule has 1 heterocycles. The molecule has 518 valence electrons. The zero-order valence-electron chi connectivity index (χ0n) is 58.0. The lowest BCUT2D eigenvalue weighted by Crippen LogP contribution is -2.56. The largest absolute Gasteiger partial charge is 0.497 e. The molecule has 0 radical (unpaired) electrons. The zero-order chi connectivity index (χ0) is 69.6. The molecule has 0 aliphatic carbocycles. The number of ether oxygens (including phenoxy) is 5. The standard InChI is InChI=1S/C84H92N6O9S/c1-95-78-40-30-64(31-41-78)50-73-59-85(55-69-20-10-6-11-21-69)74(51-65-32-42-79(96-2)43-33-65)61-87(57-71-24-14-8-15-25-71)76(53-67-36-46-81(98-4)47-37-67)63-89(100(93,94)84-29-19-18-28-83(84)90(91)92)77(54-68-38-48-82(99-5)49-39-68)62-88(58-72-26-16-9-17-27-72)75(52-66-34-44-80(97-3)45-35-66)60-86(73)56-70-22-12-7-13-23-70/h6-49,73-77H,50-63H2,1-5H3/t73-,74-,75-,76-,77-/m0/s1. The molecule has 5 atom stereocenters. The van der Waals surface area contributed by atoms with Crippen LogP contribution in [-0.4, -0.2) is 136 Å². The Bertz CT molecular complexity index is 4140. The van der Waals surface area contributed by atoms with Crippen molar-refractivity contribution in [3.63, 3.8) is 0 Å². The highest BCUT2D eigenvalue weighted by Gasteiger charge is 2.42. The number of sulfonamides is 1. The van der Waals surface area contributed by atoms with Gasteiger partial charge in [-0.25, -0.2) is 8.42 Å². The van der Waals surface area contributed by atoms with Crippen LogP contribution < -0.4 is 23.7 Å². The summed E-state index contributed by atoms with van der Waals surface area (Å²) in [5.41, 5.74) is 9.06. The van der Waals surface area contributed by atoms with E-state index in [2.05, 4.69) is 189 Å². The highest BCUT2D eigenvalue weighted by Crippen LogP contribution is 2.34. The van der Waals surface area contributed by atoms with E-state index in [9.17, 15) is 10.1 Å². The molecule has 0 unspecified atom stereocenters. The Morgan fingerprint density at radius 1 is 0.310 bits per heavy atom. The summed E-state index contributed by atoms with van der Waals surface area (Å²) < 4.78 is 64.7. The Balaban J connectivity index is 1.24. The van der Waals surface area contributed by atoms with Gasteiger partial charge < -0.3 is 23.7 Å². The summed E-state index contributed by atoms with van der Waals surface area (Å²) in [5.74, 6) is 3.61. The molecular weight excluding hydrogens is 1270 g/mol. The first-order valence-corrected chi connectivity index (χ1v) is 35.8. The molecule has 0 aromatic heterocycles. The summed E-state index contributed by atoms with van der Waals surface area (Å²) in [6.07, 6.45) is 2.46. The molecule has 1 fully saturated rings. The van der Waals surface area contributed by atoms with Gasteiger partial charge in [-0.2, -0.15) is 4.31 Å². The summed E-state index contributed by atoms with van der Waals surface area (Å²) in [7, 11) is 3.53. The molecule has 0 bridgehead atoms. The predicted octanol–water partition coefficient (Wildman–Crippen LogP) is 14.7. The number of benzene rings is 10. The Hall–Kier alpha value is -9.65. The van der Waals surface area contributed by atoms with Gasteiger partial charge in [-0.05, 0) is 149 Å². The van der Waals surface area contributed by atoms with E-state index < -0.39 is 32.7 Å². The first kappa shape index (κ1) is 71.6. The molecule has 11 rings (SSSR count). The summed E-state index contributed by atoms with van der Waals surface area (Å²) in [6, 6.07) is 87.1. The third kappa shape index (κ3) is 19.6. The highest BCUT2D eigenvalue weighted by atomic mass is 32.2. The summed E-state index contributed by atoms with van der Waals surface area (Å²) in [4.78, 5) is 22.9. The van der Waals surface area contributed by atoms with Gasteiger partial charge in [0.25, 0.3) is 5.69 Å². The van der Waals surface area contributed by atoms with Crippen molar-refractivity contribution in [1.29, 1.82) is 0 Å². The molecule has 1 aliphatic heterocycles. The van der Waals surface area contributed by atoms with Crippen LogP contribution in [-0.2, 0) is 68.3 Å². The van der Waals surface area contributed by atoms with E-state index in [-0.39, 0.29) is 42.5 Å². The Kier molecular flexibility index (Phi) is 25.4. The van der Waals surface area contributed by atoms with Crippen molar-refractivity contribution in [2.24, 2.45) is 0 Å². The molecule has 1 aliphatic rings. The Labute approximate surface area is 590 Å². The van der Waals surface area contributed by atoms with Crippen LogP contribution in [0.25, 0.3) is 0 Å². The fourth-order valence-electron chi connectivity index (χ4n) is 14.0. The van der Waals surface area contributed by atoms with Gasteiger partial charge in [0.15, 0.2) is 4.90 Å². The molecule has 16 heteroatoms. The maximum atomic E-state index is 17.1. The highest BCUT2D eigenvalue weighted by molar-refractivity contribution is 7.89. The average Bonchev–Trinajstić information content (AvgIpc) is 0.902. The lowest BCUT2D eigenvalue weighted by atomic mass is 9.96. The molecule has 10 aromatic rings. The van der Waals surface area contributed by atoms with E-state index in [0.29, 0.717) is 83.0 Å². The van der Waals surface area contributed by atoms with Crippen molar-refractivity contribution in [3.8, 4) is 28.7 Å². The number of nitrogens with zero attached hydrogens (tertiary/aromatic N) is 6. The molecule has 0 amide bonds. The van der Waals surface area contributed by atoms with Gasteiger partial charge in [-0.3, -0.25) is 29.7 Å². The smallest absolute Gasteiger partial charge is 0.289 e. The molecular formula is C84H92N6O9S. The van der Waals surface area contributed by atoms with Gasteiger partial charge in [0.1, 0.15) is 28.7 Å². The monoisotopic (exact) mass is 1360 g/mol. The topological polar surface area (TPSA) is 140 Å². The number of nitro benzene ring substituents is 1. The minimum atomic E-state index is -4.83. The van der Waals surface area contributed by atoms with E-state index in [1.165, 1.54) is 18.2 Å². The van der Waals surface area contributed by atoms with Gasteiger partial charge in [0.2, 0.25) is 10.0 Å². The van der Waals surface area contributed by atoms with Crippen molar-refractivity contribution >= 4 is 15.7 Å². The van der Waals surface area contributed by atoms with E-state index in [1.54, 1.807) is 45.9 Å². The SMILES string of the molecule is COc1ccc(C[C@H]2CN(Cc3ccccc3)[C@@H](Cc3ccc(OC)cc3)CN(S(=O)(=O)c3ccccc3[N+](=O)[O-])[C@@H](Cc3ccc(OC)cc3)CN(Cc3ccccc3)[C@@H](Cc3ccc(OC)cc3)CN(Cc3ccccc3)[C@@H](Cc3ccc(OC)cc3)CN2Cc2ccccc2)cc1. The van der Waals surface area contributed by atoms with Crippen LogP contribution in [0, 0.1) is 10.1 Å². The van der Waals surface area contributed by atoms with Crippen molar-refractivity contribution < 1.29 is 37.0 Å². The van der Waals surface area contributed by atoms with E-state index >= 15 is 8.42 Å². The van der Waals surface area contributed by atoms with Crippen LogP contribution in [0.2, 0.25) is 0 Å². The number of para-hydroxylation sites is 1. The predicted molar refractivity (Wildman–Crippen MR) is 397 cm³/mol. The Morgan fingerprint density at radius 2 is 0.540 bits per heavy atom. The molecule has 100 heavy (non-hydrogen) atoms.